The minimum Gasteiger partial charge on any atom is -0.437 e. The highest BCUT2D eigenvalue weighted by Gasteiger charge is 2.18. The number of carbonyl (C=O) groups is 1. The van der Waals surface area contributed by atoms with E-state index in [-0.39, 0.29) is 22.2 Å². The van der Waals surface area contributed by atoms with Gasteiger partial charge in [0.05, 0.1) is 4.92 Å². The van der Waals surface area contributed by atoms with Gasteiger partial charge in [-0.1, -0.05) is 23.7 Å². The van der Waals surface area contributed by atoms with E-state index in [2.05, 4.69) is 10.3 Å². The number of nitrogens with zero attached hydrogens (tertiary/aromatic N) is 2. The van der Waals surface area contributed by atoms with Gasteiger partial charge in [0.15, 0.2) is 0 Å². The number of pyridine rings is 1. The van der Waals surface area contributed by atoms with Crippen molar-refractivity contribution in [3.63, 3.8) is 0 Å². The molecule has 3 rings (SSSR count). The van der Waals surface area contributed by atoms with Gasteiger partial charge in [0.25, 0.3) is 11.6 Å². The summed E-state index contributed by atoms with van der Waals surface area (Å²) in [5.41, 5.74) is 2.11. The van der Waals surface area contributed by atoms with Crippen molar-refractivity contribution in [2.45, 2.75) is 13.8 Å². The van der Waals surface area contributed by atoms with Crippen molar-refractivity contribution in [2.75, 3.05) is 5.32 Å². The fourth-order valence-corrected chi connectivity index (χ4v) is 2.68. The number of anilines is 1. The Morgan fingerprint density at radius 3 is 2.71 bits per heavy atom. The molecule has 0 saturated heterocycles. The van der Waals surface area contributed by atoms with Crippen LogP contribution in [-0.4, -0.2) is 15.8 Å². The van der Waals surface area contributed by atoms with Gasteiger partial charge in [-0.25, -0.2) is 4.98 Å². The Morgan fingerprint density at radius 1 is 1.18 bits per heavy atom. The van der Waals surface area contributed by atoms with Gasteiger partial charge >= 0.3 is 0 Å². The number of nitro groups is 1. The molecule has 0 radical (unpaired) electrons. The second-order valence-corrected chi connectivity index (χ2v) is 6.44. The molecule has 2 aromatic carbocycles. The number of halogens is 1. The van der Waals surface area contributed by atoms with Gasteiger partial charge in [-0.2, -0.15) is 0 Å². The first kappa shape index (κ1) is 19.3. The van der Waals surface area contributed by atoms with Gasteiger partial charge < -0.3 is 10.1 Å². The van der Waals surface area contributed by atoms with Crippen LogP contribution in [0.15, 0.2) is 54.7 Å². The molecule has 0 aliphatic carbocycles. The summed E-state index contributed by atoms with van der Waals surface area (Å²) in [7, 11) is 0. The summed E-state index contributed by atoms with van der Waals surface area (Å²) >= 11 is 5.80. The van der Waals surface area contributed by atoms with Gasteiger partial charge in [0, 0.05) is 17.8 Å². The summed E-state index contributed by atoms with van der Waals surface area (Å²) in [6.07, 6.45) is 1.54. The van der Waals surface area contributed by atoms with Crippen LogP contribution in [-0.2, 0) is 0 Å². The lowest BCUT2D eigenvalue weighted by Gasteiger charge is -2.13. The van der Waals surface area contributed by atoms with Gasteiger partial charge in [-0.05, 0) is 55.3 Å². The van der Waals surface area contributed by atoms with E-state index in [1.54, 1.807) is 18.3 Å². The molecule has 0 aliphatic rings. The summed E-state index contributed by atoms with van der Waals surface area (Å²) in [5.74, 6) is 0.294. The van der Waals surface area contributed by atoms with Crippen molar-refractivity contribution in [3.8, 4) is 11.6 Å². The number of benzene rings is 2. The number of aryl methyl sites for hydroxylation is 1. The Hall–Kier alpha value is -3.45. The number of nitro benzene ring substituents is 1. The van der Waals surface area contributed by atoms with E-state index in [1.165, 1.54) is 12.1 Å². The largest absolute Gasteiger partial charge is 0.437 e. The Balaban J connectivity index is 1.87. The highest BCUT2D eigenvalue weighted by Crippen LogP contribution is 2.31. The van der Waals surface area contributed by atoms with E-state index in [0.717, 1.165) is 17.2 Å². The van der Waals surface area contributed by atoms with Gasteiger partial charge in [0.1, 0.15) is 16.5 Å². The number of nitrogens with one attached hydrogen (secondary N) is 1. The summed E-state index contributed by atoms with van der Waals surface area (Å²) in [4.78, 5) is 27.1. The van der Waals surface area contributed by atoms with Crippen LogP contribution in [0, 0.1) is 24.0 Å². The summed E-state index contributed by atoms with van der Waals surface area (Å²) in [6.45, 7) is 3.90. The molecule has 0 fully saturated rings. The van der Waals surface area contributed by atoms with Crippen LogP contribution < -0.4 is 10.1 Å². The van der Waals surface area contributed by atoms with Gasteiger partial charge in [-0.3, -0.25) is 14.9 Å². The molecular weight excluding hydrogens is 382 g/mol. The Bertz CT molecular complexity index is 1070. The minimum atomic E-state index is -0.641. The number of aromatic nitrogens is 1. The third-order valence-corrected chi connectivity index (χ3v) is 4.51. The van der Waals surface area contributed by atoms with Crippen molar-refractivity contribution >= 4 is 28.9 Å². The number of hydrogen-bond donors (Lipinski definition) is 1. The van der Waals surface area contributed by atoms with E-state index in [4.69, 9.17) is 16.3 Å². The summed E-state index contributed by atoms with van der Waals surface area (Å²) < 4.78 is 5.88. The van der Waals surface area contributed by atoms with Crippen LogP contribution >= 0.6 is 11.6 Å². The molecule has 142 valence electrons. The van der Waals surface area contributed by atoms with Crippen LogP contribution in [0.4, 0.5) is 11.4 Å². The molecule has 0 atom stereocenters. The maximum atomic E-state index is 12.6. The highest BCUT2D eigenvalue weighted by molar-refractivity contribution is 6.32. The normalized spacial score (nSPS) is 10.4. The Labute approximate surface area is 166 Å². The van der Waals surface area contributed by atoms with E-state index in [0.29, 0.717) is 11.4 Å². The SMILES string of the molecule is Cc1cccc(Oc2ncccc2NC(=O)c2ccc(Cl)c([N+](=O)[O-])c2)c1C. The first-order valence-corrected chi connectivity index (χ1v) is 8.69. The molecule has 0 spiro atoms. The molecule has 3 aromatic rings. The number of amides is 1. The molecule has 1 aromatic heterocycles. The third-order valence-electron chi connectivity index (χ3n) is 4.19. The zero-order valence-electron chi connectivity index (χ0n) is 15.1. The van der Waals surface area contributed by atoms with Gasteiger partial charge in [0.2, 0.25) is 5.88 Å². The predicted octanol–water partition coefficient (Wildman–Crippen LogP) is 5.30. The fourth-order valence-electron chi connectivity index (χ4n) is 2.49. The lowest BCUT2D eigenvalue weighted by atomic mass is 10.1. The zero-order chi connectivity index (χ0) is 20.3. The fraction of sp³-hybridized carbons (Fsp3) is 0.100. The van der Waals surface area contributed by atoms with E-state index in [1.807, 2.05) is 32.0 Å². The molecule has 8 heteroatoms. The summed E-state index contributed by atoms with van der Waals surface area (Å²) in [6, 6.07) is 12.8. The molecule has 0 aliphatic heterocycles. The Morgan fingerprint density at radius 2 is 1.96 bits per heavy atom. The van der Waals surface area contributed by atoms with Crippen molar-refractivity contribution in [1.29, 1.82) is 0 Å². The molecule has 7 nitrogen and oxygen atoms in total. The van der Waals surface area contributed by atoms with Crippen molar-refractivity contribution < 1.29 is 14.5 Å². The van der Waals surface area contributed by atoms with E-state index >= 15 is 0 Å². The van der Waals surface area contributed by atoms with Crippen LogP contribution in [0.2, 0.25) is 5.02 Å². The van der Waals surface area contributed by atoms with Crippen LogP contribution in [0.5, 0.6) is 11.6 Å². The molecule has 0 unspecified atom stereocenters. The first-order valence-electron chi connectivity index (χ1n) is 8.31. The molecule has 1 amide bonds. The summed E-state index contributed by atoms with van der Waals surface area (Å²) in [5, 5.41) is 13.7. The highest BCUT2D eigenvalue weighted by atomic mass is 35.5. The van der Waals surface area contributed by atoms with Crippen molar-refractivity contribution in [3.05, 3.63) is 86.6 Å². The number of ether oxygens (including phenoxy) is 1. The molecule has 1 N–H and O–H groups in total. The van der Waals surface area contributed by atoms with E-state index < -0.39 is 10.8 Å². The topological polar surface area (TPSA) is 94.4 Å². The van der Waals surface area contributed by atoms with Crippen molar-refractivity contribution in [1.82, 2.24) is 4.98 Å². The molecule has 28 heavy (non-hydrogen) atoms. The average Bonchev–Trinajstić information content (AvgIpc) is 2.67. The molecule has 1 heterocycles. The number of hydrogen-bond acceptors (Lipinski definition) is 5. The second-order valence-electron chi connectivity index (χ2n) is 6.03. The number of carbonyl (C=O) groups excluding carboxylic acids is 1. The predicted molar refractivity (Wildman–Crippen MR) is 106 cm³/mol. The third kappa shape index (κ3) is 4.10. The standard InChI is InChI=1S/C20H16ClN3O4/c1-12-5-3-7-18(13(12)2)28-20-16(6-4-10-22-20)23-19(25)14-8-9-15(21)17(11-14)24(26)27/h3-11H,1-2H3,(H,23,25). The second kappa shape index (κ2) is 8.06. The van der Waals surface area contributed by atoms with E-state index in [9.17, 15) is 14.9 Å². The average molecular weight is 398 g/mol. The molecule has 0 saturated carbocycles. The lowest BCUT2D eigenvalue weighted by Crippen LogP contribution is -2.13. The number of rotatable bonds is 5. The maximum Gasteiger partial charge on any atom is 0.288 e. The first-order chi connectivity index (χ1) is 13.4. The van der Waals surface area contributed by atoms with Gasteiger partial charge in [-0.15, -0.1) is 0 Å². The Kier molecular flexibility index (Phi) is 5.56. The van der Waals surface area contributed by atoms with Crippen LogP contribution in [0.3, 0.4) is 0 Å². The lowest BCUT2D eigenvalue weighted by molar-refractivity contribution is -0.384. The van der Waals surface area contributed by atoms with Crippen LogP contribution in [0.1, 0.15) is 21.5 Å². The van der Waals surface area contributed by atoms with Crippen molar-refractivity contribution in [2.24, 2.45) is 0 Å². The maximum absolute atomic E-state index is 12.6. The smallest absolute Gasteiger partial charge is 0.288 e. The minimum absolute atomic E-state index is 0.0399. The quantitative estimate of drug-likeness (QED) is 0.465. The molecule has 0 bridgehead atoms. The molecular formula is C20H16ClN3O4. The van der Waals surface area contributed by atoms with Crippen LogP contribution in [0.25, 0.3) is 0 Å². The zero-order valence-corrected chi connectivity index (χ0v) is 15.9. The monoisotopic (exact) mass is 397 g/mol.